The summed E-state index contributed by atoms with van der Waals surface area (Å²) in [6, 6.07) is 3.54. The van der Waals surface area contributed by atoms with Crippen molar-refractivity contribution in [2.24, 2.45) is 4.99 Å². The second kappa shape index (κ2) is 5.68. The summed E-state index contributed by atoms with van der Waals surface area (Å²) in [6.45, 7) is 3.69. The molecule has 3 N–H and O–H groups in total. The highest BCUT2D eigenvalue weighted by atomic mass is 16.5. The van der Waals surface area contributed by atoms with Crippen molar-refractivity contribution in [3.63, 3.8) is 0 Å². The lowest BCUT2D eigenvalue weighted by Gasteiger charge is -2.27. The highest BCUT2D eigenvalue weighted by molar-refractivity contribution is 5.63. The molecule has 0 saturated carbocycles. The largest absolute Gasteiger partial charge is 0.481 e. The topological polar surface area (TPSA) is 75.8 Å². The molecule has 0 spiro atoms. The molecule has 1 aromatic heterocycles. The van der Waals surface area contributed by atoms with E-state index >= 15 is 0 Å². The van der Waals surface area contributed by atoms with Crippen LogP contribution in [-0.2, 0) is 0 Å². The van der Waals surface area contributed by atoms with Gasteiger partial charge in [0.1, 0.15) is 0 Å². The Morgan fingerprint density at radius 1 is 1.56 bits per heavy atom. The molecule has 1 aliphatic heterocycles. The number of ether oxygens (including phenoxy) is 1. The number of anilines is 2. The summed E-state index contributed by atoms with van der Waals surface area (Å²) >= 11 is 0. The monoisotopic (exact) mass is 249 g/mol. The predicted octanol–water partition coefficient (Wildman–Crippen LogP) is 1.16. The number of methoxy groups -OCH3 is 1. The number of nitrogens with two attached hydrogens (primary N) is 1. The Hall–Kier alpha value is -1.82. The van der Waals surface area contributed by atoms with Gasteiger partial charge in [0.05, 0.1) is 25.6 Å². The minimum absolute atomic E-state index is 0.175. The number of nitrogens with one attached hydrogen (secondary N) is 1. The molecule has 1 aromatic rings. The normalized spacial score (nSPS) is 16.8. The second-order valence-corrected chi connectivity index (χ2v) is 4.14. The Kier molecular flexibility index (Phi) is 3.99. The fourth-order valence-electron chi connectivity index (χ4n) is 1.90. The van der Waals surface area contributed by atoms with Crippen molar-refractivity contribution in [1.82, 2.24) is 9.88 Å². The predicted molar refractivity (Wildman–Crippen MR) is 73.0 cm³/mol. The van der Waals surface area contributed by atoms with Crippen LogP contribution in [-0.4, -0.2) is 42.6 Å². The van der Waals surface area contributed by atoms with Gasteiger partial charge in [-0.25, -0.2) is 0 Å². The standard InChI is InChI=1S/C12H19N5O/c1-3-10(17-7-6-14-8-17)15-12-9(13)4-5-11(16-12)18-2/h4-6,10H,3,7-8,13H2,1-2H3,(H,15,16). The molecule has 98 valence electrons. The zero-order valence-electron chi connectivity index (χ0n) is 10.8. The van der Waals surface area contributed by atoms with Crippen molar-refractivity contribution in [3.8, 4) is 5.88 Å². The summed E-state index contributed by atoms with van der Waals surface area (Å²) in [6.07, 6.45) is 3.04. The lowest BCUT2D eigenvalue weighted by atomic mass is 10.3. The number of hydrogen-bond acceptors (Lipinski definition) is 6. The fraction of sp³-hybridized carbons (Fsp3) is 0.500. The van der Waals surface area contributed by atoms with E-state index in [1.807, 2.05) is 6.21 Å². The second-order valence-electron chi connectivity index (χ2n) is 4.14. The van der Waals surface area contributed by atoms with Crippen LogP contribution < -0.4 is 15.8 Å². The summed E-state index contributed by atoms with van der Waals surface area (Å²) in [5.41, 5.74) is 6.54. The van der Waals surface area contributed by atoms with Crippen molar-refractivity contribution in [2.75, 3.05) is 31.4 Å². The maximum Gasteiger partial charge on any atom is 0.215 e. The van der Waals surface area contributed by atoms with E-state index in [-0.39, 0.29) is 6.17 Å². The maximum atomic E-state index is 5.92. The van der Waals surface area contributed by atoms with Crippen molar-refractivity contribution in [2.45, 2.75) is 19.5 Å². The van der Waals surface area contributed by atoms with Gasteiger partial charge in [0.25, 0.3) is 0 Å². The first-order valence-electron chi connectivity index (χ1n) is 6.04. The lowest BCUT2D eigenvalue weighted by Crippen LogP contribution is -2.39. The van der Waals surface area contributed by atoms with Crippen LogP contribution in [0.15, 0.2) is 17.1 Å². The Labute approximate surface area is 107 Å². The van der Waals surface area contributed by atoms with Gasteiger partial charge in [-0.3, -0.25) is 9.89 Å². The van der Waals surface area contributed by atoms with Gasteiger partial charge in [-0.05, 0) is 12.5 Å². The molecule has 0 radical (unpaired) electrons. The van der Waals surface area contributed by atoms with Crippen LogP contribution in [0.5, 0.6) is 5.88 Å². The zero-order valence-corrected chi connectivity index (χ0v) is 10.8. The molecule has 0 aliphatic carbocycles. The molecule has 2 heterocycles. The SMILES string of the molecule is CCC(Nc1nc(OC)ccc1N)N1CC=NC1. The van der Waals surface area contributed by atoms with Gasteiger partial charge in [-0.1, -0.05) is 6.92 Å². The number of pyridine rings is 1. The van der Waals surface area contributed by atoms with Crippen LogP contribution in [0.1, 0.15) is 13.3 Å². The third-order valence-corrected chi connectivity index (χ3v) is 2.95. The molecule has 1 atom stereocenters. The zero-order chi connectivity index (χ0) is 13.0. The molecule has 1 unspecified atom stereocenters. The van der Waals surface area contributed by atoms with E-state index < -0.39 is 0 Å². The molecule has 0 amide bonds. The molecule has 6 heteroatoms. The van der Waals surface area contributed by atoms with Gasteiger partial charge in [-0.15, -0.1) is 0 Å². The number of aliphatic imine (C=N–C) groups is 1. The van der Waals surface area contributed by atoms with E-state index in [0.717, 1.165) is 19.6 Å². The van der Waals surface area contributed by atoms with Gasteiger partial charge in [0.15, 0.2) is 5.82 Å². The van der Waals surface area contributed by atoms with E-state index in [2.05, 4.69) is 27.1 Å². The van der Waals surface area contributed by atoms with E-state index in [4.69, 9.17) is 10.5 Å². The van der Waals surface area contributed by atoms with Crippen LogP contribution in [0.2, 0.25) is 0 Å². The van der Waals surface area contributed by atoms with Gasteiger partial charge in [-0.2, -0.15) is 4.98 Å². The first-order chi connectivity index (χ1) is 8.74. The fourth-order valence-corrected chi connectivity index (χ4v) is 1.90. The van der Waals surface area contributed by atoms with Crippen molar-refractivity contribution >= 4 is 17.7 Å². The average Bonchev–Trinajstić information content (AvgIpc) is 2.91. The van der Waals surface area contributed by atoms with E-state index in [0.29, 0.717) is 17.4 Å². The van der Waals surface area contributed by atoms with Gasteiger partial charge < -0.3 is 15.8 Å². The van der Waals surface area contributed by atoms with Crippen LogP contribution in [0.3, 0.4) is 0 Å². The summed E-state index contributed by atoms with van der Waals surface area (Å²) in [7, 11) is 1.59. The summed E-state index contributed by atoms with van der Waals surface area (Å²) in [5, 5.41) is 3.34. The summed E-state index contributed by atoms with van der Waals surface area (Å²) in [5.74, 6) is 1.22. The number of nitrogens with zero attached hydrogens (tertiary/aromatic N) is 3. The van der Waals surface area contributed by atoms with Crippen LogP contribution in [0.25, 0.3) is 0 Å². The number of hydrogen-bond donors (Lipinski definition) is 2. The summed E-state index contributed by atoms with van der Waals surface area (Å²) in [4.78, 5) is 10.8. The van der Waals surface area contributed by atoms with Crippen molar-refractivity contribution in [3.05, 3.63) is 12.1 Å². The molecule has 0 saturated heterocycles. The Balaban J connectivity index is 2.10. The van der Waals surface area contributed by atoms with Gasteiger partial charge >= 0.3 is 0 Å². The molecule has 2 rings (SSSR count). The summed E-state index contributed by atoms with van der Waals surface area (Å²) < 4.78 is 5.11. The van der Waals surface area contributed by atoms with E-state index in [1.165, 1.54) is 0 Å². The van der Waals surface area contributed by atoms with Crippen LogP contribution in [0, 0.1) is 0 Å². The molecular weight excluding hydrogens is 230 g/mol. The lowest BCUT2D eigenvalue weighted by molar-refractivity contribution is 0.264. The molecule has 0 fully saturated rings. The molecule has 6 nitrogen and oxygen atoms in total. The smallest absolute Gasteiger partial charge is 0.215 e. The van der Waals surface area contributed by atoms with Crippen LogP contribution >= 0.6 is 0 Å². The first-order valence-corrected chi connectivity index (χ1v) is 6.04. The number of aromatic nitrogens is 1. The molecule has 0 aromatic carbocycles. The molecule has 18 heavy (non-hydrogen) atoms. The third-order valence-electron chi connectivity index (χ3n) is 2.95. The molecule has 1 aliphatic rings. The Bertz CT molecular complexity index is 426. The van der Waals surface area contributed by atoms with E-state index in [1.54, 1.807) is 19.2 Å². The van der Waals surface area contributed by atoms with E-state index in [9.17, 15) is 0 Å². The minimum atomic E-state index is 0.175. The van der Waals surface area contributed by atoms with Crippen LogP contribution in [0.4, 0.5) is 11.5 Å². The quantitative estimate of drug-likeness (QED) is 0.819. The number of nitrogen functional groups attached to an aromatic ring is 1. The highest BCUT2D eigenvalue weighted by Crippen LogP contribution is 2.21. The average molecular weight is 249 g/mol. The molecule has 0 bridgehead atoms. The van der Waals surface area contributed by atoms with Crippen molar-refractivity contribution < 1.29 is 4.74 Å². The number of rotatable bonds is 5. The van der Waals surface area contributed by atoms with Gasteiger partial charge in [0, 0.05) is 18.8 Å². The molecular formula is C12H19N5O. The minimum Gasteiger partial charge on any atom is -0.481 e. The Morgan fingerprint density at radius 2 is 2.39 bits per heavy atom. The van der Waals surface area contributed by atoms with Gasteiger partial charge in [0.2, 0.25) is 5.88 Å². The first kappa shape index (κ1) is 12.6. The Morgan fingerprint density at radius 3 is 3.00 bits per heavy atom. The third kappa shape index (κ3) is 2.70. The maximum absolute atomic E-state index is 5.92. The highest BCUT2D eigenvalue weighted by Gasteiger charge is 2.19. The van der Waals surface area contributed by atoms with Crippen molar-refractivity contribution in [1.29, 1.82) is 0 Å².